The van der Waals surface area contributed by atoms with Gasteiger partial charge in [-0.05, 0) is 43.9 Å². The summed E-state index contributed by atoms with van der Waals surface area (Å²) in [5.74, 6) is -1.90. The highest BCUT2D eigenvalue weighted by Gasteiger charge is 2.35. The molecule has 35 heavy (non-hydrogen) atoms. The Balaban J connectivity index is 2.23. The minimum atomic E-state index is -1.37. The third-order valence-corrected chi connectivity index (χ3v) is 5.63. The molecule has 0 aliphatic carbocycles. The van der Waals surface area contributed by atoms with Crippen molar-refractivity contribution in [1.29, 1.82) is 0 Å². The molecule has 0 aliphatic rings. The molecule has 1 atom stereocenters. The maximum Gasteiger partial charge on any atom is 0.407 e. The van der Waals surface area contributed by atoms with Gasteiger partial charge in [0, 0.05) is 31.7 Å². The number of carbonyl (C=O) groups excluding carboxylic acids is 3. The lowest BCUT2D eigenvalue weighted by molar-refractivity contribution is -0.207. The first-order valence-electron chi connectivity index (χ1n) is 11.7. The van der Waals surface area contributed by atoms with Crippen molar-refractivity contribution in [3.63, 3.8) is 0 Å². The minimum Gasteiger partial charge on any atom is -0.444 e. The van der Waals surface area contributed by atoms with Crippen molar-refractivity contribution in [2.75, 3.05) is 0 Å². The molecular weight excluding hydrogens is 446 g/mol. The van der Waals surface area contributed by atoms with Crippen LogP contribution >= 0.6 is 0 Å². The second-order valence-electron chi connectivity index (χ2n) is 10.5. The average molecular weight is 484 g/mol. The Morgan fingerprint density at radius 3 is 1.97 bits per heavy atom. The summed E-state index contributed by atoms with van der Waals surface area (Å²) in [6.45, 7) is 12.6. The molecule has 1 amide bonds. The van der Waals surface area contributed by atoms with Crippen LogP contribution in [0.25, 0.3) is 11.1 Å². The number of rotatable bonds is 10. The van der Waals surface area contributed by atoms with E-state index in [4.69, 9.17) is 14.2 Å². The Labute approximate surface area is 208 Å². The van der Waals surface area contributed by atoms with Crippen LogP contribution in [0.5, 0.6) is 0 Å². The molecule has 0 heterocycles. The Morgan fingerprint density at radius 2 is 1.43 bits per heavy atom. The molecule has 190 valence electrons. The van der Waals surface area contributed by atoms with E-state index in [2.05, 4.69) is 17.4 Å². The molecular formula is C28H37NO6. The van der Waals surface area contributed by atoms with E-state index < -0.39 is 34.9 Å². The topological polar surface area (TPSA) is 90.9 Å². The largest absolute Gasteiger partial charge is 0.444 e. The van der Waals surface area contributed by atoms with Gasteiger partial charge in [0.05, 0.1) is 0 Å². The number of nitrogens with one attached hydrogen (secondary N) is 1. The molecule has 2 aromatic carbocycles. The molecule has 7 heteroatoms. The summed E-state index contributed by atoms with van der Waals surface area (Å²) in [5, 5.41) is 2.95. The molecule has 7 nitrogen and oxygen atoms in total. The van der Waals surface area contributed by atoms with Crippen molar-refractivity contribution in [2.24, 2.45) is 0 Å². The number of amides is 1. The smallest absolute Gasteiger partial charge is 0.407 e. The van der Waals surface area contributed by atoms with Gasteiger partial charge < -0.3 is 19.5 Å². The van der Waals surface area contributed by atoms with Gasteiger partial charge in [0.1, 0.15) is 5.60 Å². The Hall–Kier alpha value is -3.35. The maximum atomic E-state index is 12.6. The van der Waals surface area contributed by atoms with Crippen molar-refractivity contribution >= 4 is 18.5 Å². The number of hydrogen-bond acceptors (Lipinski definition) is 6. The Morgan fingerprint density at radius 1 is 0.857 bits per heavy atom. The lowest BCUT2D eigenvalue weighted by Gasteiger charge is -2.36. The molecule has 0 fully saturated rings. The molecule has 0 spiro atoms. The van der Waals surface area contributed by atoms with E-state index in [9.17, 15) is 14.4 Å². The fourth-order valence-corrected chi connectivity index (χ4v) is 3.71. The van der Waals surface area contributed by atoms with E-state index in [1.807, 2.05) is 56.3 Å². The number of esters is 1. The van der Waals surface area contributed by atoms with Crippen LogP contribution in [0, 0.1) is 0 Å². The lowest BCUT2D eigenvalue weighted by atomic mass is 9.75. The standard InChI is InChI=1S/C28H37NO6/c1-26(2,3)35-25(32)29-23(17-18-24(31)34-28(6,7)33-19-30)27(4,5)22-15-13-21(14-16-22)20-11-9-8-10-12-20/h8-16,19,23H,17-18H2,1-7H3,(H,29,32)/t23-/m0/s1. The minimum absolute atomic E-state index is 0.0115. The van der Waals surface area contributed by atoms with Gasteiger partial charge in [-0.1, -0.05) is 68.4 Å². The van der Waals surface area contributed by atoms with E-state index in [0.717, 1.165) is 16.7 Å². The molecule has 0 saturated carbocycles. The summed E-state index contributed by atoms with van der Waals surface area (Å²) in [7, 11) is 0. The van der Waals surface area contributed by atoms with Gasteiger partial charge in [0.2, 0.25) is 0 Å². The van der Waals surface area contributed by atoms with E-state index in [0.29, 0.717) is 6.42 Å². The fourth-order valence-electron chi connectivity index (χ4n) is 3.71. The second-order valence-corrected chi connectivity index (χ2v) is 10.5. The van der Waals surface area contributed by atoms with Crippen molar-refractivity contribution in [1.82, 2.24) is 5.32 Å². The molecule has 1 N–H and O–H groups in total. The zero-order valence-corrected chi connectivity index (χ0v) is 21.7. The van der Waals surface area contributed by atoms with Crippen LogP contribution in [-0.4, -0.2) is 36.0 Å². The molecule has 2 aromatic rings. The fraction of sp³-hybridized carbons (Fsp3) is 0.464. The summed E-state index contributed by atoms with van der Waals surface area (Å²) in [6, 6.07) is 17.8. The third-order valence-electron chi connectivity index (χ3n) is 5.63. The number of benzene rings is 2. The SMILES string of the molecule is CC(C)(C)OC(=O)N[C@@H](CCC(=O)OC(C)(C)OC=O)C(C)(C)c1ccc(-c2ccccc2)cc1. The van der Waals surface area contributed by atoms with Crippen LogP contribution in [0.15, 0.2) is 54.6 Å². The van der Waals surface area contributed by atoms with Crippen LogP contribution < -0.4 is 5.32 Å². The average Bonchev–Trinajstić information content (AvgIpc) is 2.75. The first-order chi connectivity index (χ1) is 16.2. The number of alkyl carbamates (subject to hydrolysis) is 1. The highest BCUT2D eigenvalue weighted by atomic mass is 16.7. The van der Waals surface area contributed by atoms with Crippen molar-refractivity contribution in [3.8, 4) is 11.1 Å². The van der Waals surface area contributed by atoms with Crippen molar-refractivity contribution in [2.45, 2.75) is 84.2 Å². The third kappa shape index (κ3) is 8.74. The summed E-state index contributed by atoms with van der Waals surface area (Å²) in [6.07, 6.45) is -0.255. The molecule has 0 unspecified atom stereocenters. The number of ether oxygens (including phenoxy) is 3. The van der Waals surface area contributed by atoms with Crippen molar-refractivity contribution in [3.05, 3.63) is 60.2 Å². The Bertz CT molecular complexity index is 990. The van der Waals surface area contributed by atoms with Crippen LogP contribution in [-0.2, 0) is 29.2 Å². The van der Waals surface area contributed by atoms with E-state index in [-0.39, 0.29) is 12.9 Å². The predicted octanol–water partition coefficient (Wildman–Crippen LogP) is 5.76. The summed E-state index contributed by atoms with van der Waals surface area (Å²) < 4.78 is 15.5. The van der Waals surface area contributed by atoms with Gasteiger partial charge in [0.15, 0.2) is 0 Å². The predicted molar refractivity (Wildman–Crippen MR) is 135 cm³/mol. The van der Waals surface area contributed by atoms with E-state index >= 15 is 0 Å². The van der Waals surface area contributed by atoms with Gasteiger partial charge in [0.25, 0.3) is 12.3 Å². The van der Waals surface area contributed by atoms with Gasteiger partial charge >= 0.3 is 12.1 Å². The second kappa shape index (κ2) is 11.4. The van der Waals surface area contributed by atoms with Crippen LogP contribution in [0.3, 0.4) is 0 Å². The Kier molecular flexibility index (Phi) is 9.07. The van der Waals surface area contributed by atoms with Crippen LogP contribution in [0.4, 0.5) is 4.79 Å². The number of carbonyl (C=O) groups is 3. The van der Waals surface area contributed by atoms with Crippen LogP contribution in [0.1, 0.15) is 66.9 Å². The van der Waals surface area contributed by atoms with Gasteiger partial charge in [-0.3, -0.25) is 9.59 Å². The van der Waals surface area contributed by atoms with Gasteiger partial charge in [-0.15, -0.1) is 0 Å². The summed E-state index contributed by atoms with van der Waals surface area (Å²) in [4.78, 5) is 35.7. The molecule has 0 aromatic heterocycles. The maximum absolute atomic E-state index is 12.6. The zero-order valence-electron chi connectivity index (χ0n) is 21.7. The molecule has 2 rings (SSSR count). The molecule has 0 saturated heterocycles. The van der Waals surface area contributed by atoms with Crippen LogP contribution in [0.2, 0.25) is 0 Å². The van der Waals surface area contributed by atoms with E-state index in [1.165, 1.54) is 13.8 Å². The van der Waals surface area contributed by atoms with Gasteiger partial charge in [-0.2, -0.15) is 0 Å². The van der Waals surface area contributed by atoms with Gasteiger partial charge in [-0.25, -0.2) is 4.79 Å². The normalized spacial score (nSPS) is 12.9. The highest BCUT2D eigenvalue weighted by Crippen LogP contribution is 2.32. The summed E-state index contributed by atoms with van der Waals surface area (Å²) in [5.41, 5.74) is 1.99. The molecule has 0 bridgehead atoms. The summed E-state index contributed by atoms with van der Waals surface area (Å²) >= 11 is 0. The molecule has 0 radical (unpaired) electrons. The first-order valence-corrected chi connectivity index (χ1v) is 11.7. The van der Waals surface area contributed by atoms with E-state index in [1.54, 1.807) is 20.8 Å². The molecule has 0 aliphatic heterocycles. The van der Waals surface area contributed by atoms with Crippen molar-refractivity contribution < 1.29 is 28.6 Å². The number of hydrogen-bond donors (Lipinski definition) is 1. The monoisotopic (exact) mass is 483 g/mol. The highest BCUT2D eigenvalue weighted by molar-refractivity contribution is 5.71. The first kappa shape index (κ1) is 27.9. The lowest BCUT2D eigenvalue weighted by Crippen LogP contribution is -2.49. The quantitative estimate of drug-likeness (QED) is 0.263. The zero-order chi connectivity index (χ0) is 26.3.